The second-order valence-corrected chi connectivity index (χ2v) is 6.70. The minimum Gasteiger partial charge on any atom is -0.457 e. The molecule has 0 saturated heterocycles. The molecule has 1 heterocycles. The van der Waals surface area contributed by atoms with E-state index >= 15 is 0 Å². The van der Waals surface area contributed by atoms with E-state index in [0.29, 0.717) is 35.9 Å². The number of nitrogens with zero attached hydrogens (tertiary/aromatic N) is 2. The van der Waals surface area contributed by atoms with Crippen LogP contribution >= 0.6 is 0 Å². The van der Waals surface area contributed by atoms with Crippen LogP contribution in [0.25, 0.3) is 11.4 Å². The third-order valence-electron chi connectivity index (χ3n) is 4.54. The summed E-state index contributed by atoms with van der Waals surface area (Å²) in [6.45, 7) is 0.479. The van der Waals surface area contributed by atoms with Crippen LogP contribution in [0.4, 0.5) is 0 Å². The molecule has 5 nitrogen and oxygen atoms in total. The molecule has 0 radical (unpaired) electrons. The van der Waals surface area contributed by atoms with E-state index in [0.717, 1.165) is 11.1 Å². The highest BCUT2D eigenvalue weighted by molar-refractivity contribution is 5.97. The summed E-state index contributed by atoms with van der Waals surface area (Å²) in [7, 11) is 0. The maximum atomic E-state index is 12.7. The third-order valence-corrected chi connectivity index (χ3v) is 4.54. The van der Waals surface area contributed by atoms with Gasteiger partial charge in [-0.1, -0.05) is 60.7 Å². The van der Waals surface area contributed by atoms with E-state index in [1.807, 2.05) is 72.8 Å². The lowest BCUT2D eigenvalue weighted by Crippen LogP contribution is -2.26. The van der Waals surface area contributed by atoms with Crippen molar-refractivity contribution in [2.45, 2.75) is 6.42 Å². The van der Waals surface area contributed by atoms with Gasteiger partial charge in [-0.2, -0.15) is 0 Å². The second-order valence-electron chi connectivity index (χ2n) is 6.70. The summed E-state index contributed by atoms with van der Waals surface area (Å²) in [5, 5.41) is 2.95. The maximum Gasteiger partial charge on any atom is 0.255 e. The number of hydrogen-bond donors (Lipinski definition) is 1. The van der Waals surface area contributed by atoms with Gasteiger partial charge in [0.15, 0.2) is 5.82 Å². The first-order valence-corrected chi connectivity index (χ1v) is 9.76. The molecule has 5 heteroatoms. The second kappa shape index (κ2) is 9.47. The Balaban J connectivity index is 1.35. The fourth-order valence-corrected chi connectivity index (χ4v) is 2.99. The molecule has 4 aromatic rings. The van der Waals surface area contributed by atoms with Crippen LogP contribution in [0, 0.1) is 0 Å². The van der Waals surface area contributed by atoms with Gasteiger partial charge < -0.3 is 10.1 Å². The molecule has 0 unspecified atom stereocenters. The van der Waals surface area contributed by atoms with Crippen molar-refractivity contribution in [2.75, 3.05) is 6.54 Å². The highest BCUT2D eigenvalue weighted by Crippen LogP contribution is 2.24. The number of benzene rings is 3. The molecule has 3 aromatic carbocycles. The first-order valence-electron chi connectivity index (χ1n) is 9.76. The number of carbonyl (C=O) groups is 1. The summed E-state index contributed by atoms with van der Waals surface area (Å²) in [5.74, 6) is 1.73. The van der Waals surface area contributed by atoms with Crippen LogP contribution in [0.1, 0.15) is 15.9 Å². The van der Waals surface area contributed by atoms with Crippen molar-refractivity contribution < 1.29 is 9.53 Å². The Morgan fingerprint density at radius 3 is 2.17 bits per heavy atom. The van der Waals surface area contributed by atoms with E-state index in [4.69, 9.17) is 4.74 Å². The van der Waals surface area contributed by atoms with E-state index in [9.17, 15) is 4.79 Å². The van der Waals surface area contributed by atoms with Crippen LogP contribution in [0.2, 0.25) is 0 Å². The lowest BCUT2D eigenvalue weighted by Gasteiger charge is -2.11. The van der Waals surface area contributed by atoms with Crippen molar-refractivity contribution in [1.82, 2.24) is 15.3 Å². The van der Waals surface area contributed by atoms with E-state index in [2.05, 4.69) is 15.3 Å². The number of rotatable bonds is 7. The zero-order valence-electron chi connectivity index (χ0n) is 16.4. The highest BCUT2D eigenvalue weighted by Gasteiger charge is 2.12. The standard InChI is InChI=1S/C25H21N3O2/c29-25(22-13-7-8-14-23(22)30-21-11-5-2-6-12-21)26-16-15-19-17-27-24(28-18-19)20-9-3-1-4-10-20/h1-14,17-18H,15-16H2,(H,26,29). The van der Waals surface area contributed by atoms with Crippen LogP contribution in [0.5, 0.6) is 11.5 Å². The molecule has 0 aliphatic carbocycles. The molecular formula is C25H21N3O2. The molecule has 1 amide bonds. The van der Waals surface area contributed by atoms with E-state index < -0.39 is 0 Å². The Morgan fingerprint density at radius 2 is 1.43 bits per heavy atom. The Bertz CT molecular complexity index is 1100. The average molecular weight is 395 g/mol. The summed E-state index contributed by atoms with van der Waals surface area (Å²) in [5.41, 5.74) is 2.44. The molecule has 0 fully saturated rings. The predicted octanol–water partition coefficient (Wildman–Crippen LogP) is 4.91. The summed E-state index contributed by atoms with van der Waals surface area (Å²) < 4.78 is 5.87. The van der Waals surface area contributed by atoms with Crippen molar-refractivity contribution in [2.24, 2.45) is 0 Å². The fraction of sp³-hybridized carbons (Fsp3) is 0.0800. The molecule has 148 valence electrons. The van der Waals surface area contributed by atoms with Crippen molar-refractivity contribution in [1.29, 1.82) is 0 Å². The van der Waals surface area contributed by atoms with Gasteiger partial charge in [-0.25, -0.2) is 9.97 Å². The van der Waals surface area contributed by atoms with Crippen LogP contribution in [-0.4, -0.2) is 22.4 Å². The molecule has 0 aliphatic rings. The Kier molecular flexibility index (Phi) is 6.11. The zero-order valence-corrected chi connectivity index (χ0v) is 16.4. The highest BCUT2D eigenvalue weighted by atomic mass is 16.5. The monoisotopic (exact) mass is 395 g/mol. The van der Waals surface area contributed by atoms with Gasteiger partial charge in [-0.05, 0) is 36.2 Å². The summed E-state index contributed by atoms with van der Waals surface area (Å²) in [6, 6.07) is 26.5. The number of para-hydroxylation sites is 2. The molecule has 4 rings (SSSR count). The normalized spacial score (nSPS) is 10.4. The van der Waals surface area contributed by atoms with E-state index in [1.165, 1.54) is 0 Å². The maximum absolute atomic E-state index is 12.7. The van der Waals surface area contributed by atoms with Crippen molar-refractivity contribution in [3.63, 3.8) is 0 Å². The lowest BCUT2D eigenvalue weighted by atomic mass is 10.1. The largest absolute Gasteiger partial charge is 0.457 e. The molecule has 0 spiro atoms. The van der Waals surface area contributed by atoms with Gasteiger partial charge >= 0.3 is 0 Å². The smallest absolute Gasteiger partial charge is 0.255 e. The lowest BCUT2D eigenvalue weighted by molar-refractivity contribution is 0.0952. The first kappa shape index (κ1) is 19.3. The predicted molar refractivity (Wildman–Crippen MR) is 116 cm³/mol. The number of hydrogen-bond acceptors (Lipinski definition) is 4. The Hall–Kier alpha value is -3.99. The molecule has 1 N–H and O–H groups in total. The summed E-state index contributed by atoms with van der Waals surface area (Å²) in [6.07, 6.45) is 4.24. The quantitative estimate of drug-likeness (QED) is 0.483. The van der Waals surface area contributed by atoms with Crippen molar-refractivity contribution in [3.8, 4) is 22.9 Å². The number of amides is 1. The fourth-order valence-electron chi connectivity index (χ4n) is 2.99. The number of aromatic nitrogens is 2. The SMILES string of the molecule is O=C(NCCc1cnc(-c2ccccc2)nc1)c1ccccc1Oc1ccccc1. The van der Waals surface area contributed by atoms with Gasteiger partial charge in [0, 0.05) is 24.5 Å². The van der Waals surface area contributed by atoms with Crippen LogP contribution in [0.15, 0.2) is 97.3 Å². The summed E-state index contributed by atoms with van der Waals surface area (Å²) >= 11 is 0. The summed E-state index contributed by atoms with van der Waals surface area (Å²) in [4.78, 5) is 21.5. The van der Waals surface area contributed by atoms with Gasteiger partial charge in [0.25, 0.3) is 5.91 Å². The average Bonchev–Trinajstić information content (AvgIpc) is 2.81. The number of carbonyl (C=O) groups excluding carboxylic acids is 1. The van der Waals surface area contributed by atoms with Gasteiger partial charge in [0.2, 0.25) is 0 Å². The van der Waals surface area contributed by atoms with Gasteiger partial charge in [0.05, 0.1) is 5.56 Å². The number of nitrogens with one attached hydrogen (secondary N) is 1. The topological polar surface area (TPSA) is 64.1 Å². The van der Waals surface area contributed by atoms with Crippen LogP contribution < -0.4 is 10.1 Å². The Labute approximate surface area is 175 Å². The van der Waals surface area contributed by atoms with Gasteiger partial charge in [-0.15, -0.1) is 0 Å². The van der Waals surface area contributed by atoms with Crippen LogP contribution in [0.3, 0.4) is 0 Å². The van der Waals surface area contributed by atoms with Gasteiger partial charge in [0.1, 0.15) is 11.5 Å². The minimum atomic E-state index is -0.177. The molecular weight excluding hydrogens is 374 g/mol. The minimum absolute atomic E-state index is 0.177. The van der Waals surface area contributed by atoms with Crippen molar-refractivity contribution >= 4 is 5.91 Å². The third kappa shape index (κ3) is 4.89. The zero-order chi connectivity index (χ0) is 20.6. The van der Waals surface area contributed by atoms with Crippen LogP contribution in [-0.2, 0) is 6.42 Å². The number of ether oxygens (including phenoxy) is 1. The van der Waals surface area contributed by atoms with E-state index in [-0.39, 0.29) is 5.91 Å². The molecule has 1 aromatic heterocycles. The van der Waals surface area contributed by atoms with E-state index in [1.54, 1.807) is 24.5 Å². The Morgan fingerprint density at radius 1 is 0.800 bits per heavy atom. The molecule has 30 heavy (non-hydrogen) atoms. The van der Waals surface area contributed by atoms with Crippen molar-refractivity contribution in [3.05, 3.63) is 108 Å². The molecule has 0 aliphatic heterocycles. The molecule has 0 bridgehead atoms. The molecule has 0 atom stereocenters. The van der Waals surface area contributed by atoms with Gasteiger partial charge in [-0.3, -0.25) is 4.79 Å². The molecule has 0 saturated carbocycles. The first-order chi connectivity index (χ1) is 14.8.